The Balaban J connectivity index is 1.35. The Hall–Kier alpha value is -5.05. The first kappa shape index (κ1) is 29.4. The van der Waals surface area contributed by atoms with Crippen LogP contribution in [0.1, 0.15) is 30.4 Å². The number of nitrogens with zero attached hydrogens (tertiary/aromatic N) is 3. The highest BCUT2D eigenvalue weighted by atomic mass is 16.6. The maximum atomic E-state index is 13.8. The molecule has 0 spiro atoms. The highest BCUT2D eigenvalue weighted by molar-refractivity contribution is 5.97. The lowest BCUT2D eigenvalue weighted by molar-refractivity contribution is -0.383. The van der Waals surface area contributed by atoms with Crippen LogP contribution in [0.3, 0.4) is 0 Å². The highest BCUT2D eigenvalue weighted by Crippen LogP contribution is 2.28. The van der Waals surface area contributed by atoms with Crippen molar-refractivity contribution in [1.82, 2.24) is 9.80 Å². The average Bonchev–Trinajstić information content (AvgIpc) is 3.52. The quantitative estimate of drug-likeness (QED) is 0.177. The Morgan fingerprint density at radius 1 is 0.930 bits per heavy atom. The lowest BCUT2D eigenvalue weighted by Crippen LogP contribution is -2.44. The van der Waals surface area contributed by atoms with Crippen LogP contribution in [0.15, 0.2) is 97.1 Å². The van der Waals surface area contributed by atoms with Crippen LogP contribution in [0.4, 0.5) is 16.2 Å². The maximum Gasteiger partial charge on any atom is 0.322 e. The fourth-order valence-corrected chi connectivity index (χ4v) is 5.79. The van der Waals surface area contributed by atoms with Gasteiger partial charge in [0.2, 0.25) is 5.91 Å². The molecule has 1 aliphatic rings. The Kier molecular flexibility index (Phi) is 9.10. The molecule has 0 unspecified atom stereocenters. The molecule has 1 saturated heterocycles. The van der Waals surface area contributed by atoms with E-state index in [0.717, 1.165) is 21.9 Å². The standard InChI is InChI=1S/C34H34N4O5/c1-36(23-24-10-3-2-4-11-24)33(40)28(21-25-17-18-26-12-5-6-13-27(26)20-25)22-32(39)31-16-9-19-37(31)34(41)35-29-14-7-8-15-30(29)38(42)43/h2-8,10-15,17-18,20,28,31H,9,16,19,21-23H2,1H3,(H,35,41)/t28-,31+/m1/s1. The van der Waals surface area contributed by atoms with Gasteiger partial charge in [-0.2, -0.15) is 0 Å². The number of hydrogen-bond acceptors (Lipinski definition) is 5. The number of para-hydroxylation sites is 2. The van der Waals surface area contributed by atoms with Crippen molar-refractivity contribution in [2.75, 3.05) is 18.9 Å². The van der Waals surface area contributed by atoms with Gasteiger partial charge in [-0.3, -0.25) is 19.7 Å². The van der Waals surface area contributed by atoms with Crippen molar-refractivity contribution in [2.24, 2.45) is 5.92 Å². The summed E-state index contributed by atoms with van der Waals surface area (Å²) in [4.78, 5) is 54.8. The molecule has 5 rings (SSSR count). The third kappa shape index (κ3) is 7.06. The molecule has 0 radical (unpaired) electrons. The summed E-state index contributed by atoms with van der Waals surface area (Å²) in [6, 6.07) is 28.4. The van der Waals surface area contributed by atoms with Crippen molar-refractivity contribution in [3.8, 4) is 0 Å². The van der Waals surface area contributed by atoms with Crippen LogP contribution in [0.2, 0.25) is 0 Å². The fourth-order valence-electron chi connectivity index (χ4n) is 5.79. The number of carbonyl (C=O) groups is 3. The molecule has 1 aliphatic heterocycles. The molecule has 0 bridgehead atoms. The van der Waals surface area contributed by atoms with E-state index in [9.17, 15) is 24.5 Å². The summed E-state index contributed by atoms with van der Waals surface area (Å²) in [6.45, 7) is 0.760. The molecule has 220 valence electrons. The number of Topliss-reactive ketones (excluding diaryl/α,β-unsaturated/α-hetero) is 1. The number of fused-ring (bicyclic) bond motifs is 1. The van der Waals surface area contributed by atoms with Crippen molar-refractivity contribution < 1.29 is 19.3 Å². The Bertz CT molecular complexity index is 1640. The molecule has 1 heterocycles. The molecule has 0 saturated carbocycles. The van der Waals surface area contributed by atoms with Crippen LogP contribution in [0, 0.1) is 16.0 Å². The SMILES string of the molecule is CN(Cc1ccccc1)C(=O)[C@@H](CC(=O)[C@@H]1CCCN1C(=O)Nc1ccccc1[N+](=O)[O-])Cc1ccc2ccccc2c1. The third-order valence-corrected chi connectivity index (χ3v) is 7.96. The van der Waals surface area contributed by atoms with Crippen molar-refractivity contribution in [3.63, 3.8) is 0 Å². The average molecular weight is 579 g/mol. The first-order valence-electron chi connectivity index (χ1n) is 14.4. The Morgan fingerprint density at radius 3 is 2.40 bits per heavy atom. The van der Waals surface area contributed by atoms with E-state index >= 15 is 0 Å². The number of amides is 3. The zero-order valence-electron chi connectivity index (χ0n) is 24.0. The second-order valence-corrected chi connectivity index (χ2v) is 11.0. The number of benzene rings is 4. The van der Waals surface area contributed by atoms with Gasteiger partial charge >= 0.3 is 6.03 Å². The smallest absolute Gasteiger partial charge is 0.322 e. The number of anilines is 1. The van der Waals surface area contributed by atoms with Gasteiger partial charge in [-0.05, 0) is 47.2 Å². The van der Waals surface area contributed by atoms with Gasteiger partial charge in [0, 0.05) is 38.5 Å². The summed E-state index contributed by atoms with van der Waals surface area (Å²) in [6.07, 6.45) is 1.45. The fraction of sp³-hybridized carbons (Fsp3) is 0.265. The molecule has 9 heteroatoms. The molecule has 0 aliphatic carbocycles. The first-order chi connectivity index (χ1) is 20.8. The molecule has 1 fully saturated rings. The number of rotatable bonds is 10. The van der Waals surface area contributed by atoms with Crippen LogP contribution in [-0.2, 0) is 22.6 Å². The van der Waals surface area contributed by atoms with E-state index in [0.29, 0.717) is 32.4 Å². The van der Waals surface area contributed by atoms with Gasteiger partial charge < -0.3 is 15.1 Å². The zero-order chi connectivity index (χ0) is 30.3. The van der Waals surface area contributed by atoms with Crippen LogP contribution in [0.25, 0.3) is 10.8 Å². The van der Waals surface area contributed by atoms with E-state index in [4.69, 9.17) is 0 Å². The maximum absolute atomic E-state index is 13.8. The predicted molar refractivity (Wildman–Crippen MR) is 166 cm³/mol. The minimum Gasteiger partial charge on any atom is -0.341 e. The number of nitrogens with one attached hydrogen (secondary N) is 1. The normalized spacial score (nSPS) is 15.2. The van der Waals surface area contributed by atoms with Crippen LogP contribution >= 0.6 is 0 Å². The molecule has 0 aromatic heterocycles. The van der Waals surface area contributed by atoms with Gasteiger partial charge in [-0.1, -0.05) is 84.9 Å². The number of nitro benzene ring substituents is 1. The van der Waals surface area contributed by atoms with Crippen molar-refractivity contribution >= 4 is 39.9 Å². The highest BCUT2D eigenvalue weighted by Gasteiger charge is 2.37. The van der Waals surface area contributed by atoms with E-state index in [2.05, 4.69) is 11.4 Å². The number of nitro groups is 1. The third-order valence-electron chi connectivity index (χ3n) is 7.96. The molecule has 43 heavy (non-hydrogen) atoms. The number of likely N-dealkylation sites (tertiary alicyclic amines) is 1. The van der Waals surface area contributed by atoms with Gasteiger partial charge in [0.15, 0.2) is 5.78 Å². The summed E-state index contributed by atoms with van der Waals surface area (Å²) in [7, 11) is 1.75. The van der Waals surface area contributed by atoms with Crippen molar-refractivity contribution in [1.29, 1.82) is 0 Å². The lowest BCUT2D eigenvalue weighted by Gasteiger charge is -2.27. The second-order valence-electron chi connectivity index (χ2n) is 11.0. The zero-order valence-corrected chi connectivity index (χ0v) is 24.0. The second kappa shape index (κ2) is 13.3. The van der Waals surface area contributed by atoms with E-state index < -0.39 is 22.9 Å². The minimum atomic E-state index is -0.714. The topological polar surface area (TPSA) is 113 Å². The molecule has 3 amide bonds. The number of ketones is 1. The molecule has 2 atom stereocenters. The summed E-state index contributed by atoms with van der Waals surface area (Å²) in [5.41, 5.74) is 1.79. The summed E-state index contributed by atoms with van der Waals surface area (Å²) < 4.78 is 0. The summed E-state index contributed by atoms with van der Waals surface area (Å²) in [5.74, 6) is -0.954. The molecule has 9 nitrogen and oxygen atoms in total. The molecule has 4 aromatic rings. The lowest BCUT2D eigenvalue weighted by atomic mass is 9.89. The van der Waals surface area contributed by atoms with Gasteiger partial charge in [0.25, 0.3) is 5.69 Å². The van der Waals surface area contributed by atoms with E-state index in [-0.39, 0.29) is 29.5 Å². The number of hydrogen-bond donors (Lipinski definition) is 1. The van der Waals surface area contributed by atoms with Crippen LogP contribution in [-0.4, -0.2) is 52.1 Å². The minimum absolute atomic E-state index is 0.0231. The largest absolute Gasteiger partial charge is 0.341 e. The van der Waals surface area contributed by atoms with Gasteiger partial charge in [-0.15, -0.1) is 0 Å². The molecule has 4 aromatic carbocycles. The first-order valence-corrected chi connectivity index (χ1v) is 14.4. The summed E-state index contributed by atoms with van der Waals surface area (Å²) in [5, 5.41) is 16.2. The number of carbonyl (C=O) groups excluding carboxylic acids is 3. The van der Waals surface area contributed by atoms with Crippen LogP contribution < -0.4 is 5.32 Å². The Morgan fingerprint density at radius 2 is 1.63 bits per heavy atom. The van der Waals surface area contributed by atoms with E-state index in [1.54, 1.807) is 18.0 Å². The molecular formula is C34H34N4O5. The van der Waals surface area contributed by atoms with Gasteiger partial charge in [0.1, 0.15) is 5.69 Å². The van der Waals surface area contributed by atoms with Crippen molar-refractivity contribution in [3.05, 3.63) is 118 Å². The van der Waals surface area contributed by atoms with E-state index in [1.807, 2.05) is 66.7 Å². The van der Waals surface area contributed by atoms with E-state index in [1.165, 1.54) is 23.1 Å². The number of urea groups is 1. The van der Waals surface area contributed by atoms with Gasteiger partial charge in [0.05, 0.1) is 11.0 Å². The van der Waals surface area contributed by atoms with Crippen LogP contribution in [0.5, 0.6) is 0 Å². The Labute approximate surface area is 250 Å². The monoisotopic (exact) mass is 578 g/mol. The predicted octanol–water partition coefficient (Wildman–Crippen LogP) is 6.22. The van der Waals surface area contributed by atoms with Gasteiger partial charge in [-0.25, -0.2) is 4.79 Å². The molecular weight excluding hydrogens is 544 g/mol. The molecule has 1 N–H and O–H groups in total. The van der Waals surface area contributed by atoms with Crippen molar-refractivity contribution in [2.45, 2.75) is 38.3 Å². The summed E-state index contributed by atoms with van der Waals surface area (Å²) >= 11 is 0.